The first kappa shape index (κ1) is 18.6. The Morgan fingerprint density at radius 3 is 2.68 bits per heavy atom. The molecule has 0 fully saturated rings. The standard InChI is InChI=1S/C13H24N4S.HI/c1-4-6-7-8-15-13(14-5-2)17-10-12-9-16-11(3)18-12;/h9H,4-8,10H2,1-3H3,(H2,14,15,17);1H. The number of rotatable bonds is 7. The largest absolute Gasteiger partial charge is 0.357 e. The number of halogens is 1. The summed E-state index contributed by atoms with van der Waals surface area (Å²) in [6.45, 7) is 8.90. The molecule has 0 aromatic carbocycles. The second-order valence-electron chi connectivity index (χ2n) is 4.17. The monoisotopic (exact) mass is 396 g/mol. The normalized spacial score (nSPS) is 11.0. The molecule has 1 rings (SSSR count). The number of aromatic nitrogens is 1. The van der Waals surface area contributed by atoms with Crippen molar-refractivity contribution in [3.8, 4) is 0 Å². The Bertz CT molecular complexity index is 365. The molecule has 0 atom stereocenters. The molecular formula is C13H25IN4S. The lowest BCUT2D eigenvalue weighted by Gasteiger charge is -2.10. The van der Waals surface area contributed by atoms with Crippen molar-refractivity contribution < 1.29 is 0 Å². The number of aliphatic imine (C=N–C) groups is 1. The van der Waals surface area contributed by atoms with Gasteiger partial charge < -0.3 is 10.6 Å². The lowest BCUT2D eigenvalue weighted by Crippen LogP contribution is -2.37. The van der Waals surface area contributed by atoms with Gasteiger partial charge in [-0.3, -0.25) is 0 Å². The number of hydrogen-bond acceptors (Lipinski definition) is 3. The van der Waals surface area contributed by atoms with Gasteiger partial charge in [0.25, 0.3) is 0 Å². The minimum absolute atomic E-state index is 0. The SMILES string of the molecule is CCCCCNC(=NCc1cnc(C)s1)NCC.I. The summed E-state index contributed by atoms with van der Waals surface area (Å²) in [6, 6.07) is 0. The molecule has 110 valence electrons. The summed E-state index contributed by atoms with van der Waals surface area (Å²) in [6.07, 6.45) is 5.61. The van der Waals surface area contributed by atoms with Crippen LogP contribution in [0.15, 0.2) is 11.2 Å². The topological polar surface area (TPSA) is 49.3 Å². The Morgan fingerprint density at radius 2 is 2.11 bits per heavy atom. The van der Waals surface area contributed by atoms with E-state index in [0.29, 0.717) is 6.54 Å². The Kier molecular flexibility index (Phi) is 11.2. The molecule has 0 unspecified atom stereocenters. The molecule has 1 aromatic heterocycles. The summed E-state index contributed by atoms with van der Waals surface area (Å²) in [5, 5.41) is 7.71. The summed E-state index contributed by atoms with van der Waals surface area (Å²) < 4.78 is 0. The van der Waals surface area contributed by atoms with Crippen molar-refractivity contribution in [1.82, 2.24) is 15.6 Å². The molecule has 0 spiro atoms. The zero-order valence-electron chi connectivity index (χ0n) is 12.0. The molecule has 0 aliphatic carbocycles. The van der Waals surface area contributed by atoms with Gasteiger partial charge in [-0.05, 0) is 20.3 Å². The Labute approximate surface area is 137 Å². The highest BCUT2D eigenvalue weighted by molar-refractivity contribution is 14.0. The minimum Gasteiger partial charge on any atom is -0.357 e. The van der Waals surface area contributed by atoms with Gasteiger partial charge in [0.05, 0.1) is 11.6 Å². The van der Waals surface area contributed by atoms with Gasteiger partial charge in [0.2, 0.25) is 0 Å². The van der Waals surface area contributed by atoms with Crippen molar-refractivity contribution in [3.05, 3.63) is 16.1 Å². The zero-order valence-corrected chi connectivity index (χ0v) is 15.2. The quantitative estimate of drug-likeness (QED) is 0.322. The van der Waals surface area contributed by atoms with E-state index in [0.717, 1.165) is 24.1 Å². The van der Waals surface area contributed by atoms with Gasteiger partial charge in [-0.15, -0.1) is 35.3 Å². The first-order chi connectivity index (χ1) is 8.76. The van der Waals surface area contributed by atoms with Crippen LogP contribution in [0.2, 0.25) is 0 Å². The Morgan fingerprint density at radius 1 is 1.32 bits per heavy atom. The van der Waals surface area contributed by atoms with Crippen LogP contribution >= 0.6 is 35.3 Å². The van der Waals surface area contributed by atoms with Crippen LogP contribution in [0.5, 0.6) is 0 Å². The van der Waals surface area contributed by atoms with Crippen LogP contribution in [0.4, 0.5) is 0 Å². The molecule has 0 aliphatic rings. The number of thiazole rings is 1. The molecule has 4 nitrogen and oxygen atoms in total. The average Bonchev–Trinajstić information content (AvgIpc) is 2.77. The van der Waals surface area contributed by atoms with Gasteiger partial charge >= 0.3 is 0 Å². The fourth-order valence-corrected chi connectivity index (χ4v) is 2.28. The van der Waals surface area contributed by atoms with Crippen molar-refractivity contribution in [2.24, 2.45) is 4.99 Å². The number of nitrogens with one attached hydrogen (secondary N) is 2. The van der Waals surface area contributed by atoms with E-state index in [-0.39, 0.29) is 24.0 Å². The van der Waals surface area contributed by atoms with Crippen LogP contribution in [0.25, 0.3) is 0 Å². The third-order valence-corrected chi connectivity index (χ3v) is 3.38. The molecule has 6 heteroatoms. The summed E-state index contributed by atoms with van der Waals surface area (Å²) >= 11 is 1.71. The highest BCUT2D eigenvalue weighted by Gasteiger charge is 1.99. The van der Waals surface area contributed by atoms with Crippen LogP contribution < -0.4 is 10.6 Å². The van der Waals surface area contributed by atoms with E-state index in [1.54, 1.807) is 11.3 Å². The van der Waals surface area contributed by atoms with E-state index in [2.05, 4.69) is 34.5 Å². The molecule has 0 bridgehead atoms. The van der Waals surface area contributed by atoms with E-state index in [1.165, 1.54) is 24.1 Å². The predicted molar refractivity (Wildman–Crippen MR) is 94.6 cm³/mol. The molecule has 0 amide bonds. The summed E-state index contributed by atoms with van der Waals surface area (Å²) in [4.78, 5) is 10.0. The smallest absolute Gasteiger partial charge is 0.191 e. The lowest BCUT2D eigenvalue weighted by atomic mass is 10.2. The Hall–Kier alpha value is -0.370. The molecule has 0 saturated carbocycles. The second-order valence-corrected chi connectivity index (χ2v) is 5.49. The van der Waals surface area contributed by atoms with Gasteiger partial charge in [-0.25, -0.2) is 9.98 Å². The first-order valence-corrected chi connectivity index (χ1v) is 7.51. The number of guanidine groups is 1. The molecule has 1 heterocycles. The van der Waals surface area contributed by atoms with E-state index >= 15 is 0 Å². The van der Waals surface area contributed by atoms with Gasteiger partial charge in [-0.2, -0.15) is 0 Å². The van der Waals surface area contributed by atoms with Crippen LogP contribution in [0, 0.1) is 6.92 Å². The Balaban J connectivity index is 0.00000324. The second kappa shape index (κ2) is 11.5. The summed E-state index contributed by atoms with van der Waals surface area (Å²) in [5.74, 6) is 0.902. The van der Waals surface area contributed by atoms with E-state index in [4.69, 9.17) is 0 Å². The van der Waals surface area contributed by atoms with Crippen LogP contribution in [-0.2, 0) is 6.54 Å². The molecule has 2 N–H and O–H groups in total. The summed E-state index contributed by atoms with van der Waals surface area (Å²) in [7, 11) is 0. The number of aryl methyl sites for hydroxylation is 1. The number of hydrogen-bond donors (Lipinski definition) is 2. The van der Waals surface area contributed by atoms with Crippen LogP contribution in [0.1, 0.15) is 43.0 Å². The van der Waals surface area contributed by atoms with Crippen molar-refractivity contribution >= 4 is 41.3 Å². The maximum absolute atomic E-state index is 4.56. The van der Waals surface area contributed by atoms with E-state index in [1.807, 2.05) is 13.1 Å². The van der Waals surface area contributed by atoms with Crippen LogP contribution in [0.3, 0.4) is 0 Å². The van der Waals surface area contributed by atoms with Gasteiger partial charge in [0, 0.05) is 24.2 Å². The maximum atomic E-state index is 4.56. The molecule has 0 radical (unpaired) electrons. The molecular weight excluding hydrogens is 371 g/mol. The fourth-order valence-electron chi connectivity index (χ4n) is 1.56. The highest BCUT2D eigenvalue weighted by atomic mass is 127. The summed E-state index contributed by atoms with van der Waals surface area (Å²) in [5.41, 5.74) is 0. The van der Waals surface area contributed by atoms with Crippen molar-refractivity contribution in [1.29, 1.82) is 0 Å². The number of nitrogens with zero attached hydrogens (tertiary/aromatic N) is 2. The van der Waals surface area contributed by atoms with Crippen LogP contribution in [-0.4, -0.2) is 24.0 Å². The van der Waals surface area contributed by atoms with E-state index < -0.39 is 0 Å². The third kappa shape index (κ3) is 8.41. The highest BCUT2D eigenvalue weighted by Crippen LogP contribution is 2.12. The van der Waals surface area contributed by atoms with Gasteiger partial charge in [0.1, 0.15) is 0 Å². The van der Waals surface area contributed by atoms with Crippen molar-refractivity contribution in [3.63, 3.8) is 0 Å². The van der Waals surface area contributed by atoms with Crippen molar-refractivity contribution in [2.45, 2.75) is 46.6 Å². The molecule has 19 heavy (non-hydrogen) atoms. The fraction of sp³-hybridized carbons (Fsp3) is 0.692. The molecule has 1 aromatic rings. The maximum Gasteiger partial charge on any atom is 0.191 e. The van der Waals surface area contributed by atoms with Gasteiger partial charge in [0.15, 0.2) is 5.96 Å². The average molecular weight is 396 g/mol. The predicted octanol–water partition coefficient (Wildman–Crippen LogP) is 3.31. The zero-order chi connectivity index (χ0) is 13.2. The van der Waals surface area contributed by atoms with E-state index in [9.17, 15) is 0 Å². The minimum atomic E-state index is 0. The third-order valence-electron chi connectivity index (χ3n) is 2.48. The molecule has 0 aliphatic heterocycles. The molecule has 0 saturated heterocycles. The first-order valence-electron chi connectivity index (χ1n) is 6.69. The number of unbranched alkanes of at least 4 members (excludes halogenated alkanes) is 2. The van der Waals surface area contributed by atoms with Crippen molar-refractivity contribution in [2.75, 3.05) is 13.1 Å². The lowest BCUT2D eigenvalue weighted by molar-refractivity contribution is 0.683. The van der Waals surface area contributed by atoms with Gasteiger partial charge in [-0.1, -0.05) is 19.8 Å².